The summed E-state index contributed by atoms with van der Waals surface area (Å²) in [4.78, 5) is 25.3. The van der Waals surface area contributed by atoms with Crippen molar-refractivity contribution in [2.75, 3.05) is 0 Å². The predicted molar refractivity (Wildman–Crippen MR) is 71.7 cm³/mol. The van der Waals surface area contributed by atoms with E-state index >= 15 is 0 Å². The number of hydrogen-bond donors (Lipinski definition) is 2. The van der Waals surface area contributed by atoms with Crippen molar-refractivity contribution in [2.24, 2.45) is 0 Å². The summed E-state index contributed by atoms with van der Waals surface area (Å²) in [5, 5.41) is 9.01. The molecule has 0 saturated heterocycles. The van der Waals surface area contributed by atoms with E-state index in [2.05, 4.69) is 4.98 Å². The van der Waals surface area contributed by atoms with Crippen molar-refractivity contribution in [1.82, 2.24) is 9.55 Å². The molecule has 0 saturated carbocycles. The molecule has 0 aliphatic carbocycles. The molecule has 0 unspecified atom stereocenters. The molecule has 2 aromatic rings. The van der Waals surface area contributed by atoms with E-state index < -0.39 is 11.4 Å². The molecule has 0 aliphatic heterocycles. The molecule has 2 rings (SSSR count). The Morgan fingerprint density at radius 1 is 1.37 bits per heavy atom. The number of carboxylic acids is 1. The van der Waals surface area contributed by atoms with E-state index in [4.69, 9.17) is 5.11 Å². The van der Waals surface area contributed by atoms with E-state index in [0.717, 1.165) is 5.56 Å². The molecule has 0 fully saturated rings. The molecule has 0 bridgehead atoms. The highest BCUT2D eigenvalue weighted by molar-refractivity contribution is 5.69. The van der Waals surface area contributed by atoms with Crippen molar-refractivity contribution >= 4 is 5.97 Å². The Bertz CT molecular complexity index is 652. The van der Waals surface area contributed by atoms with Crippen molar-refractivity contribution in [1.29, 1.82) is 0 Å². The number of carbonyl (C=O) groups is 1. The number of nitrogens with one attached hydrogen (secondary N) is 1. The number of carboxylic acid groups (broad SMARTS) is 1. The smallest absolute Gasteiger partial charge is 0.330 e. The molecule has 5 heteroatoms. The fourth-order valence-electron chi connectivity index (χ4n) is 2.24. The van der Waals surface area contributed by atoms with E-state index in [1.54, 1.807) is 12.4 Å². The first kappa shape index (κ1) is 13.1. The monoisotopic (exact) mass is 260 g/mol. The Morgan fingerprint density at radius 3 is 2.63 bits per heavy atom. The van der Waals surface area contributed by atoms with Gasteiger partial charge in [-0.2, -0.15) is 0 Å². The van der Waals surface area contributed by atoms with Gasteiger partial charge >= 0.3 is 11.7 Å². The standard InChI is InChI=1S/C14H16N2O3/c1-14(2,9-12(17)18)10-5-3-4-6-11(10)16-8-7-15-13(16)19/h3-8H,9H2,1-2H3,(H,15,19)(H,17,18). The van der Waals surface area contributed by atoms with Crippen LogP contribution in [-0.2, 0) is 10.2 Å². The number of aliphatic carboxylic acids is 1. The third-order valence-electron chi connectivity index (χ3n) is 3.14. The van der Waals surface area contributed by atoms with Crippen LogP contribution >= 0.6 is 0 Å². The van der Waals surface area contributed by atoms with Gasteiger partial charge in [0.15, 0.2) is 0 Å². The van der Waals surface area contributed by atoms with Crippen LogP contribution in [0.2, 0.25) is 0 Å². The van der Waals surface area contributed by atoms with Crippen LogP contribution in [0.1, 0.15) is 25.8 Å². The number of aromatic nitrogens is 2. The first-order chi connectivity index (χ1) is 8.92. The zero-order chi connectivity index (χ0) is 14.0. The molecule has 1 heterocycles. The fourth-order valence-corrected chi connectivity index (χ4v) is 2.24. The summed E-state index contributed by atoms with van der Waals surface area (Å²) in [6.45, 7) is 3.72. The number of imidazole rings is 1. The largest absolute Gasteiger partial charge is 0.481 e. The number of para-hydroxylation sites is 1. The van der Waals surface area contributed by atoms with Crippen LogP contribution in [0.5, 0.6) is 0 Å². The van der Waals surface area contributed by atoms with Gasteiger partial charge in [0.25, 0.3) is 0 Å². The quantitative estimate of drug-likeness (QED) is 0.881. The van der Waals surface area contributed by atoms with Crippen LogP contribution in [0.25, 0.3) is 5.69 Å². The SMILES string of the molecule is CC(C)(CC(=O)O)c1ccccc1-n1cc[nH]c1=O. The van der Waals surface area contributed by atoms with Gasteiger partial charge in [-0.25, -0.2) is 4.79 Å². The van der Waals surface area contributed by atoms with Crippen LogP contribution in [0.4, 0.5) is 0 Å². The summed E-state index contributed by atoms with van der Waals surface area (Å²) in [5.74, 6) is -0.860. The number of aromatic amines is 1. The molecule has 0 atom stereocenters. The number of nitrogens with zero attached hydrogens (tertiary/aromatic N) is 1. The Morgan fingerprint density at radius 2 is 2.05 bits per heavy atom. The maximum atomic E-state index is 11.7. The molecular formula is C14H16N2O3. The number of rotatable bonds is 4. The van der Waals surface area contributed by atoms with Gasteiger partial charge in [-0.05, 0) is 11.6 Å². The Hall–Kier alpha value is -2.30. The fraction of sp³-hybridized carbons (Fsp3) is 0.286. The second-order valence-electron chi connectivity index (χ2n) is 5.11. The Balaban J connectivity index is 2.57. The van der Waals surface area contributed by atoms with Gasteiger partial charge in [-0.3, -0.25) is 9.36 Å². The van der Waals surface area contributed by atoms with E-state index in [0.29, 0.717) is 5.69 Å². The summed E-state index contributed by atoms with van der Waals surface area (Å²) in [5.41, 5.74) is 0.747. The summed E-state index contributed by atoms with van der Waals surface area (Å²) in [6.07, 6.45) is 3.20. The maximum Gasteiger partial charge on any atom is 0.330 e. The lowest BCUT2D eigenvalue weighted by Crippen LogP contribution is -2.25. The van der Waals surface area contributed by atoms with E-state index in [1.165, 1.54) is 4.57 Å². The summed E-state index contributed by atoms with van der Waals surface area (Å²) < 4.78 is 1.49. The third kappa shape index (κ3) is 2.59. The summed E-state index contributed by atoms with van der Waals surface area (Å²) in [7, 11) is 0. The minimum absolute atomic E-state index is 0.00316. The summed E-state index contributed by atoms with van der Waals surface area (Å²) >= 11 is 0. The molecule has 100 valence electrons. The van der Waals surface area contributed by atoms with Crippen molar-refractivity contribution in [3.8, 4) is 5.69 Å². The second kappa shape index (κ2) is 4.76. The molecule has 1 aromatic heterocycles. The second-order valence-corrected chi connectivity index (χ2v) is 5.11. The average molecular weight is 260 g/mol. The van der Waals surface area contributed by atoms with E-state index in [1.807, 2.05) is 38.1 Å². The topological polar surface area (TPSA) is 75.1 Å². The zero-order valence-electron chi connectivity index (χ0n) is 10.9. The van der Waals surface area contributed by atoms with E-state index in [9.17, 15) is 9.59 Å². The minimum Gasteiger partial charge on any atom is -0.481 e. The molecular weight excluding hydrogens is 244 g/mol. The van der Waals surface area contributed by atoms with Gasteiger partial charge in [-0.15, -0.1) is 0 Å². The van der Waals surface area contributed by atoms with Crippen molar-refractivity contribution in [3.63, 3.8) is 0 Å². The molecule has 0 aliphatic rings. The Labute approximate surface area is 110 Å². The number of benzene rings is 1. The van der Waals surface area contributed by atoms with Crippen molar-refractivity contribution < 1.29 is 9.90 Å². The van der Waals surface area contributed by atoms with Crippen LogP contribution in [0, 0.1) is 0 Å². The van der Waals surface area contributed by atoms with Gasteiger partial charge in [0.05, 0.1) is 12.1 Å². The molecule has 0 radical (unpaired) electrons. The predicted octanol–water partition coefficient (Wildman–Crippen LogP) is 1.92. The highest BCUT2D eigenvalue weighted by Gasteiger charge is 2.27. The first-order valence-electron chi connectivity index (χ1n) is 5.99. The van der Waals surface area contributed by atoms with Crippen molar-refractivity contribution in [3.05, 3.63) is 52.7 Å². The van der Waals surface area contributed by atoms with Crippen LogP contribution < -0.4 is 5.69 Å². The van der Waals surface area contributed by atoms with Crippen LogP contribution in [0.3, 0.4) is 0 Å². The van der Waals surface area contributed by atoms with Crippen LogP contribution in [-0.4, -0.2) is 20.6 Å². The molecule has 1 aromatic carbocycles. The average Bonchev–Trinajstić information content (AvgIpc) is 2.74. The zero-order valence-corrected chi connectivity index (χ0v) is 10.9. The lowest BCUT2D eigenvalue weighted by atomic mass is 9.80. The minimum atomic E-state index is -0.860. The van der Waals surface area contributed by atoms with E-state index in [-0.39, 0.29) is 12.1 Å². The first-order valence-corrected chi connectivity index (χ1v) is 5.99. The molecule has 5 nitrogen and oxygen atoms in total. The lowest BCUT2D eigenvalue weighted by molar-refractivity contribution is -0.138. The highest BCUT2D eigenvalue weighted by atomic mass is 16.4. The number of H-pyrrole nitrogens is 1. The van der Waals surface area contributed by atoms with Crippen LogP contribution in [0.15, 0.2) is 41.5 Å². The normalized spacial score (nSPS) is 11.5. The van der Waals surface area contributed by atoms with Gasteiger partial charge in [0, 0.05) is 17.8 Å². The lowest BCUT2D eigenvalue weighted by Gasteiger charge is -2.25. The van der Waals surface area contributed by atoms with Gasteiger partial charge in [0.2, 0.25) is 0 Å². The number of hydrogen-bond acceptors (Lipinski definition) is 2. The van der Waals surface area contributed by atoms with Gasteiger partial charge < -0.3 is 10.1 Å². The maximum absolute atomic E-state index is 11.7. The summed E-state index contributed by atoms with van der Waals surface area (Å²) in [6, 6.07) is 7.35. The molecule has 0 amide bonds. The Kier molecular flexibility index (Phi) is 3.29. The van der Waals surface area contributed by atoms with Crippen molar-refractivity contribution in [2.45, 2.75) is 25.7 Å². The third-order valence-corrected chi connectivity index (χ3v) is 3.14. The molecule has 0 spiro atoms. The highest BCUT2D eigenvalue weighted by Crippen LogP contribution is 2.31. The van der Waals surface area contributed by atoms with Gasteiger partial charge in [-0.1, -0.05) is 32.0 Å². The molecule has 19 heavy (non-hydrogen) atoms. The molecule has 2 N–H and O–H groups in total. The van der Waals surface area contributed by atoms with Gasteiger partial charge in [0.1, 0.15) is 0 Å².